The van der Waals surface area contributed by atoms with E-state index < -0.39 is 0 Å². The second-order valence-corrected chi connectivity index (χ2v) is 6.71. The molecule has 0 saturated heterocycles. The van der Waals surface area contributed by atoms with Crippen LogP contribution in [0.5, 0.6) is 5.75 Å². The summed E-state index contributed by atoms with van der Waals surface area (Å²) in [5, 5.41) is 5.95. The van der Waals surface area contributed by atoms with Crippen molar-refractivity contribution in [1.82, 2.24) is 10.6 Å². The largest absolute Gasteiger partial charge is 0.483 e. The Hall–Kier alpha value is -1.92. The third-order valence-electron chi connectivity index (χ3n) is 3.56. The molecule has 2 aromatic carbocycles. The Bertz CT molecular complexity index is 723. The first-order valence-corrected chi connectivity index (χ1v) is 9.31. The van der Waals surface area contributed by atoms with Crippen LogP contribution >= 0.6 is 28.1 Å². The lowest BCUT2D eigenvalue weighted by Crippen LogP contribution is -2.42. The lowest BCUT2D eigenvalue weighted by atomic mass is 10.1. The van der Waals surface area contributed by atoms with Gasteiger partial charge in [0.25, 0.3) is 5.91 Å². The van der Waals surface area contributed by atoms with Crippen LogP contribution in [0.15, 0.2) is 53.0 Å². The molecule has 0 spiro atoms. The number of aryl methyl sites for hydroxylation is 1. The Balaban J connectivity index is 1.70. The second kappa shape index (κ2) is 10.2. The van der Waals surface area contributed by atoms with Crippen molar-refractivity contribution < 1.29 is 9.53 Å². The zero-order chi connectivity index (χ0) is 18.1. The number of carbonyl (C=O) groups is 1. The van der Waals surface area contributed by atoms with Gasteiger partial charge in [-0.15, -0.1) is 0 Å². The number of amides is 1. The van der Waals surface area contributed by atoms with E-state index in [-0.39, 0.29) is 12.5 Å². The van der Waals surface area contributed by atoms with Crippen molar-refractivity contribution in [1.29, 1.82) is 0 Å². The molecule has 4 nitrogen and oxygen atoms in total. The minimum Gasteiger partial charge on any atom is -0.483 e. The number of halogens is 1. The Labute approximate surface area is 162 Å². The van der Waals surface area contributed by atoms with Crippen molar-refractivity contribution in [2.45, 2.75) is 19.8 Å². The molecule has 2 N–H and O–H groups in total. The number of hydrogen-bond donors (Lipinski definition) is 2. The molecule has 25 heavy (non-hydrogen) atoms. The summed E-state index contributed by atoms with van der Waals surface area (Å²) in [7, 11) is 0. The van der Waals surface area contributed by atoms with Crippen LogP contribution in [0.25, 0.3) is 0 Å². The average molecular weight is 421 g/mol. The van der Waals surface area contributed by atoms with Crippen LogP contribution in [0.3, 0.4) is 0 Å². The predicted octanol–water partition coefficient (Wildman–Crippen LogP) is 3.62. The van der Waals surface area contributed by atoms with Gasteiger partial charge in [-0.1, -0.05) is 43.3 Å². The fraction of sp³-hybridized carbons (Fsp3) is 0.263. The predicted molar refractivity (Wildman–Crippen MR) is 108 cm³/mol. The lowest BCUT2D eigenvalue weighted by Gasteiger charge is -2.11. The molecule has 0 atom stereocenters. The van der Waals surface area contributed by atoms with Crippen LogP contribution in [0.4, 0.5) is 0 Å². The molecule has 0 bridgehead atoms. The van der Waals surface area contributed by atoms with E-state index in [9.17, 15) is 4.79 Å². The van der Waals surface area contributed by atoms with Gasteiger partial charge in [0, 0.05) is 6.54 Å². The van der Waals surface area contributed by atoms with E-state index in [1.165, 1.54) is 11.1 Å². The molecule has 6 heteroatoms. The average Bonchev–Trinajstić information content (AvgIpc) is 2.61. The van der Waals surface area contributed by atoms with Crippen molar-refractivity contribution in [3.63, 3.8) is 0 Å². The van der Waals surface area contributed by atoms with E-state index >= 15 is 0 Å². The van der Waals surface area contributed by atoms with Crippen LogP contribution in [0.1, 0.15) is 18.1 Å². The van der Waals surface area contributed by atoms with E-state index in [1.807, 2.05) is 36.4 Å². The fourth-order valence-electron chi connectivity index (χ4n) is 2.20. The first-order chi connectivity index (χ1) is 12.1. The number of hydrogen-bond acceptors (Lipinski definition) is 3. The molecule has 0 unspecified atom stereocenters. The quantitative estimate of drug-likeness (QED) is 0.671. The normalized spacial score (nSPS) is 10.2. The highest BCUT2D eigenvalue weighted by Gasteiger charge is 2.08. The van der Waals surface area contributed by atoms with Crippen molar-refractivity contribution in [2.24, 2.45) is 0 Å². The Morgan fingerprint density at radius 1 is 1.16 bits per heavy atom. The Kier molecular flexibility index (Phi) is 7.88. The molecule has 0 aliphatic heterocycles. The molecule has 0 aliphatic rings. The monoisotopic (exact) mass is 420 g/mol. The highest BCUT2D eigenvalue weighted by molar-refractivity contribution is 9.10. The van der Waals surface area contributed by atoms with E-state index in [4.69, 9.17) is 17.0 Å². The summed E-state index contributed by atoms with van der Waals surface area (Å²) < 4.78 is 6.36. The van der Waals surface area contributed by atoms with E-state index in [0.29, 0.717) is 17.4 Å². The third kappa shape index (κ3) is 6.84. The van der Waals surface area contributed by atoms with E-state index in [1.54, 1.807) is 0 Å². The van der Waals surface area contributed by atoms with Crippen LogP contribution < -0.4 is 15.4 Å². The van der Waals surface area contributed by atoms with Gasteiger partial charge in [-0.05, 0) is 64.2 Å². The maximum absolute atomic E-state index is 11.9. The number of ether oxygens (including phenoxy) is 1. The van der Waals surface area contributed by atoms with Gasteiger partial charge in [-0.25, -0.2) is 0 Å². The fourth-order valence-corrected chi connectivity index (χ4v) is 2.95. The minimum atomic E-state index is -0.288. The summed E-state index contributed by atoms with van der Waals surface area (Å²) in [4.78, 5) is 11.9. The highest BCUT2D eigenvalue weighted by atomic mass is 79.9. The number of benzene rings is 2. The topological polar surface area (TPSA) is 50.4 Å². The maximum Gasteiger partial charge on any atom is 0.264 e. The second-order valence-electron chi connectivity index (χ2n) is 5.45. The lowest BCUT2D eigenvalue weighted by molar-refractivity contribution is -0.121. The molecular formula is C19H21BrN2O2S. The Morgan fingerprint density at radius 3 is 2.60 bits per heavy atom. The maximum atomic E-state index is 11.9. The summed E-state index contributed by atoms with van der Waals surface area (Å²) in [6.07, 6.45) is 1.78. The van der Waals surface area contributed by atoms with Gasteiger partial charge in [-0.3, -0.25) is 4.79 Å². The van der Waals surface area contributed by atoms with Gasteiger partial charge in [-0.2, -0.15) is 0 Å². The van der Waals surface area contributed by atoms with Crippen LogP contribution in [0, 0.1) is 0 Å². The van der Waals surface area contributed by atoms with Crippen LogP contribution in [0.2, 0.25) is 0 Å². The molecule has 2 rings (SSSR count). The molecule has 0 radical (unpaired) electrons. The van der Waals surface area contributed by atoms with Gasteiger partial charge in [0.05, 0.1) is 4.47 Å². The zero-order valence-corrected chi connectivity index (χ0v) is 16.5. The van der Waals surface area contributed by atoms with Crippen molar-refractivity contribution in [3.05, 3.63) is 64.1 Å². The number of thiocarbonyl (C=S) groups is 1. The molecule has 2 aromatic rings. The summed E-state index contributed by atoms with van der Waals surface area (Å²) in [6.45, 7) is 2.65. The van der Waals surface area contributed by atoms with Crippen LogP contribution in [-0.2, 0) is 17.6 Å². The van der Waals surface area contributed by atoms with Crippen molar-refractivity contribution in [3.8, 4) is 5.75 Å². The van der Waals surface area contributed by atoms with E-state index in [0.717, 1.165) is 17.3 Å². The number of rotatable bonds is 7. The summed E-state index contributed by atoms with van der Waals surface area (Å²) in [5.41, 5.74) is 2.42. The van der Waals surface area contributed by atoms with Gasteiger partial charge in [0.2, 0.25) is 0 Å². The summed E-state index contributed by atoms with van der Waals surface area (Å²) >= 11 is 8.58. The molecule has 0 aliphatic carbocycles. The molecule has 1 amide bonds. The Morgan fingerprint density at radius 2 is 1.92 bits per heavy atom. The third-order valence-corrected chi connectivity index (χ3v) is 4.42. The van der Waals surface area contributed by atoms with Gasteiger partial charge in [0.1, 0.15) is 5.75 Å². The highest BCUT2D eigenvalue weighted by Crippen LogP contribution is 2.26. The molecule has 0 aromatic heterocycles. The number of nitrogens with one attached hydrogen (secondary N) is 2. The molecule has 0 fully saturated rings. The SMILES string of the molecule is CCc1ccc(OCC(=O)NC(=S)NCCc2ccccc2)c(Br)c1. The van der Waals surface area contributed by atoms with Gasteiger partial charge >= 0.3 is 0 Å². The summed E-state index contributed by atoms with van der Waals surface area (Å²) in [6, 6.07) is 15.9. The van der Waals surface area contributed by atoms with Gasteiger partial charge < -0.3 is 15.4 Å². The first kappa shape index (κ1) is 19.4. The van der Waals surface area contributed by atoms with Crippen LogP contribution in [-0.4, -0.2) is 24.2 Å². The van der Waals surface area contributed by atoms with E-state index in [2.05, 4.69) is 45.6 Å². The molecule has 132 valence electrons. The van der Waals surface area contributed by atoms with Gasteiger partial charge in [0.15, 0.2) is 11.7 Å². The smallest absolute Gasteiger partial charge is 0.264 e. The molecule has 0 saturated carbocycles. The van der Waals surface area contributed by atoms with Crippen molar-refractivity contribution in [2.75, 3.05) is 13.2 Å². The van der Waals surface area contributed by atoms with Crippen molar-refractivity contribution >= 4 is 39.2 Å². The molecular weight excluding hydrogens is 400 g/mol. The zero-order valence-electron chi connectivity index (χ0n) is 14.0. The molecule has 0 heterocycles. The first-order valence-electron chi connectivity index (χ1n) is 8.11. The summed E-state index contributed by atoms with van der Waals surface area (Å²) in [5.74, 6) is 0.346. The minimum absolute atomic E-state index is 0.0927. The standard InChI is InChI=1S/C19H21BrN2O2S/c1-2-14-8-9-17(16(20)12-14)24-13-18(23)22-19(25)21-11-10-15-6-4-3-5-7-15/h3-9,12H,2,10-11,13H2,1H3,(H2,21,22,23,25). The number of carbonyl (C=O) groups excluding carboxylic acids is 1.